The molecule has 7 aromatic rings. The van der Waals surface area contributed by atoms with E-state index in [1.54, 1.807) is 0 Å². The third kappa shape index (κ3) is 3.76. The summed E-state index contributed by atoms with van der Waals surface area (Å²) in [7, 11) is 0. The summed E-state index contributed by atoms with van der Waals surface area (Å²) in [5.74, 6) is 0.281. The van der Waals surface area contributed by atoms with Gasteiger partial charge in [-0.05, 0) is 59.4 Å². The lowest BCUT2D eigenvalue weighted by Gasteiger charge is -2.41. The monoisotopic (exact) mass is 590 g/mol. The Morgan fingerprint density at radius 3 is 2.20 bits per heavy atom. The molecular formula is C41H26N4O. The lowest BCUT2D eigenvalue weighted by Crippen LogP contribution is -2.29. The van der Waals surface area contributed by atoms with Crippen LogP contribution in [0.5, 0.6) is 0 Å². The summed E-state index contributed by atoms with van der Waals surface area (Å²) in [6, 6.07) is 44.0. The molecule has 0 radical (unpaired) electrons. The van der Waals surface area contributed by atoms with E-state index in [1.807, 2.05) is 42.5 Å². The lowest BCUT2D eigenvalue weighted by molar-refractivity contribution is 0.508. The number of nitrogens with zero attached hydrogens (tertiary/aromatic N) is 4. The van der Waals surface area contributed by atoms with E-state index in [9.17, 15) is 5.26 Å². The van der Waals surface area contributed by atoms with Crippen LogP contribution in [-0.4, -0.2) is 4.98 Å². The first-order valence-electron chi connectivity index (χ1n) is 15.5. The van der Waals surface area contributed by atoms with E-state index < -0.39 is 0 Å². The number of pyridine rings is 1. The molecule has 0 fully saturated rings. The molecule has 2 bridgehead atoms. The van der Waals surface area contributed by atoms with E-state index >= 15 is 0 Å². The molecule has 2 unspecified atom stereocenters. The minimum absolute atomic E-state index is 0.0616. The van der Waals surface area contributed by atoms with Crippen LogP contribution in [-0.2, 0) is 0 Å². The molecule has 5 heteroatoms. The summed E-state index contributed by atoms with van der Waals surface area (Å²) in [4.78, 5) is 10.9. The van der Waals surface area contributed by atoms with Gasteiger partial charge in [-0.15, -0.1) is 4.98 Å². The normalized spacial score (nSPS) is 16.0. The minimum atomic E-state index is 0.0616. The molecular weight excluding hydrogens is 564 g/mol. The molecule has 0 saturated carbocycles. The molecule has 0 spiro atoms. The van der Waals surface area contributed by atoms with E-state index in [1.165, 1.54) is 11.1 Å². The molecule has 46 heavy (non-hydrogen) atoms. The summed E-state index contributed by atoms with van der Waals surface area (Å²) >= 11 is 0. The van der Waals surface area contributed by atoms with Crippen LogP contribution in [0.1, 0.15) is 52.6 Å². The highest BCUT2D eigenvalue weighted by molar-refractivity contribution is 6.10. The highest BCUT2D eigenvalue weighted by Crippen LogP contribution is 2.58. The van der Waals surface area contributed by atoms with Gasteiger partial charge in [-0.2, -0.15) is 5.26 Å². The maximum Gasteiger partial charge on any atom is 0.289 e. The van der Waals surface area contributed by atoms with Crippen molar-refractivity contribution in [3.05, 3.63) is 161 Å². The lowest BCUT2D eigenvalue weighted by atomic mass is 9.65. The van der Waals surface area contributed by atoms with Crippen molar-refractivity contribution in [2.75, 3.05) is 4.90 Å². The first kappa shape index (κ1) is 26.3. The summed E-state index contributed by atoms with van der Waals surface area (Å²) in [5.41, 5.74) is 11.0. The van der Waals surface area contributed by atoms with Crippen LogP contribution < -0.4 is 4.90 Å². The summed E-state index contributed by atoms with van der Waals surface area (Å²) in [6.45, 7) is 8.13. The van der Waals surface area contributed by atoms with Crippen molar-refractivity contribution >= 4 is 44.8 Å². The number of nitriles is 1. The SMILES string of the molecule is [C-]#[N+]c1nc2c(c(N(c3ccc(-c4ccccc4)cc3)c3cccc4c3oc3ccccc34)c1C#N)C1CCC2c2ccccc21. The fourth-order valence-corrected chi connectivity index (χ4v) is 7.72. The van der Waals surface area contributed by atoms with Crippen LogP contribution >= 0.6 is 0 Å². The second-order valence-corrected chi connectivity index (χ2v) is 12.0. The van der Waals surface area contributed by atoms with E-state index in [0.29, 0.717) is 5.56 Å². The molecule has 216 valence electrons. The Kier molecular flexibility index (Phi) is 5.82. The standard InChI is InChI=1S/C41H26N4O/c1-43-41-34(24-42)39(37-31-22-23-32(38(37)44-41)29-13-6-5-12-28(29)31)45(27-20-18-26(19-21-27)25-10-3-2-4-11-25)35-16-9-15-33-30-14-7-8-17-36(30)46-40(33)35/h2-21,31-32H,22-23H2. The number of hydrogen-bond donors (Lipinski definition) is 0. The Morgan fingerprint density at radius 1 is 0.739 bits per heavy atom. The molecule has 3 aliphatic carbocycles. The number of fused-ring (bicyclic) bond motifs is 4. The number of para-hydroxylation sites is 2. The zero-order valence-electron chi connectivity index (χ0n) is 24.8. The third-order valence-electron chi connectivity index (χ3n) is 9.69. The van der Waals surface area contributed by atoms with Crippen LogP contribution in [0.4, 0.5) is 22.9 Å². The highest BCUT2D eigenvalue weighted by Gasteiger charge is 2.45. The van der Waals surface area contributed by atoms with Gasteiger partial charge in [0.1, 0.15) is 16.8 Å². The van der Waals surface area contributed by atoms with Crippen molar-refractivity contribution in [1.82, 2.24) is 4.98 Å². The van der Waals surface area contributed by atoms with Gasteiger partial charge < -0.3 is 14.2 Å². The molecule has 0 amide bonds. The molecule has 2 aromatic heterocycles. The van der Waals surface area contributed by atoms with Crippen molar-refractivity contribution in [2.45, 2.75) is 24.7 Å². The third-order valence-corrected chi connectivity index (χ3v) is 9.69. The van der Waals surface area contributed by atoms with E-state index in [2.05, 4.69) is 94.7 Å². The first-order valence-corrected chi connectivity index (χ1v) is 15.5. The van der Waals surface area contributed by atoms with E-state index in [0.717, 1.165) is 74.2 Å². The first-order chi connectivity index (χ1) is 22.7. The maximum absolute atomic E-state index is 10.8. The number of hydrogen-bond acceptors (Lipinski definition) is 4. The number of anilines is 3. The fraction of sp³-hybridized carbons (Fsp3) is 0.0976. The molecule has 10 rings (SSSR count). The van der Waals surface area contributed by atoms with Gasteiger partial charge in [-0.1, -0.05) is 104 Å². The summed E-state index contributed by atoms with van der Waals surface area (Å²) in [5, 5.41) is 12.8. The smallest absolute Gasteiger partial charge is 0.289 e. The van der Waals surface area contributed by atoms with Crippen LogP contribution in [0.15, 0.2) is 126 Å². The Bertz CT molecular complexity index is 2410. The Morgan fingerprint density at radius 2 is 1.41 bits per heavy atom. The van der Waals surface area contributed by atoms with Crippen molar-refractivity contribution in [2.24, 2.45) is 0 Å². The van der Waals surface area contributed by atoms with Crippen molar-refractivity contribution in [3.63, 3.8) is 0 Å². The minimum Gasteiger partial charge on any atom is -0.454 e. The molecule has 3 aliphatic rings. The van der Waals surface area contributed by atoms with E-state index in [4.69, 9.17) is 16.0 Å². The molecule has 5 nitrogen and oxygen atoms in total. The highest BCUT2D eigenvalue weighted by atomic mass is 16.3. The predicted octanol–water partition coefficient (Wildman–Crippen LogP) is 10.9. The molecule has 2 heterocycles. The quantitative estimate of drug-likeness (QED) is 0.191. The van der Waals surface area contributed by atoms with Crippen LogP contribution in [0.2, 0.25) is 0 Å². The average Bonchev–Trinajstić information content (AvgIpc) is 3.52. The average molecular weight is 591 g/mol. The van der Waals surface area contributed by atoms with Gasteiger partial charge in [0.2, 0.25) is 0 Å². The van der Waals surface area contributed by atoms with E-state index in [-0.39, 0.29) is 17.7 Å². The topological polar surface area (TPSA) is 57.4 Å². The van der Waals surface area contributed by atoms with Gasteiger partial charge in [0, 0.05) is 33.9 Å². The van der Waals surface area contributed by atoms with Crippen LogP contribution in [0, 0.1) is 17.9 Å². The van der Waals surface area contributed by atoms with Gasteiger partial charge >= 0.3 is 0 Å². The van der Waals surface area contributed by atoms with Gasteiger partial charge in [0.05, 0.1) is 17.4 Å². The van der Waals surface area contributed by atoms with Gasteiger partial charge in [-0.3, -0.25) is 0 Å². The zero-order chi connectivity index (χ0) is 30.8. The Labute approximate surface area is 266 Å². The van der Waals surface area contributed by atoms with Gasteiger partial charge in [-0.25, -0.2) is 0 Å². The summed E-state index contributed by atoms with van der Waals surface area (Å²) < 4.78 is 6.59. The molecule has 2 atom stereocenters. The zero-order valence-corrected chi connectivity index (χ0v) is 24.8. The number of furan rings is 1. The fourth-order valence-electron chi connectivity index (χ4n) is 7.72. The van der Waals surface area contributed by atoms with Crippen LogP contribution in [0.25, 0.3) is 37.9 Å². The van der Waals surface area contributed by atoms with Gasteiger partial charge in [0.25, 0.3) is 5.82 Å². The van der Waals surface area contributed by atoms with Crippen molar-refractivity contribution in [1.29, 1.82) is 5.26 Å². The van der Waals surface area contributed by atoms with Crippen molar-refractivity contribution < 1.29 is 4.42 Å². The Hall–Kier alpha value is -6.17. The summed E-state index contributed by atoms with van der Waals surface area (Å²) in [6.07, 6.45) is 1.93. The van der Waals surface area contributed by atoms with Gasteiger partial charge in [0.15, 0.2) is 5.58 Å². The second-order valence-electron chi connectivity index (χ2n) is 12.0. The number of aromatic nitrogens is 1. The molecule has 0 aliphatic heterocycles. The Balaban J connectivity index is 1.37. The molecule has 0 N–H and O–H groups in total. The molecule has 0 saturated heterocycles. The number of benzene rings is 5. The maximum atomic E-state index is 10.8. The van der Waals surface area contributed by atoms with Crippen molar-refractivity contribution in [3.8, 4) is 17.2 Å². The predicted molar refractivity (Wildman–Crippen MR) is 182 cm³/mol. The largest absolute Gasteiger partial charge is 0.454 e. The molecule has 5 aromatic carbocycles. The second kappa shape index (κ2) is 10.2. The van der Waals surface area contributed by atoms with Crippen LogP contribution in [0.3, 0.4) is 0 Å². The number of rotatable bonds is 4.